The Bertz CT molecular complexity index is 1120. The van der Waals surface area contributed by atoms with E-state index in [0.717, 1.165) is 23.7 Å². The van der Waals surface area contributed by atoms with Crippen molar-refractivity contribution >= 4 is 18.0 Å². The van der Waals surface area contributed by atoms with E-state index in [1.165, 1.54) is 25.9 Å². The number of hydrogen-bond donors (Lipinski definition) is 0. The molecule has 8 heteroatoms. The number of carbonyl (C=O) groups excluding carboxylic acids is 3. The Balaban J connectivity index is 0.00000248. The highest BCUT2D eigenvalue weighted by Gasteiger charge is 2.53. The number of amides is 1. The van der Waals surface area contributed by atoms with Gasteiger partial charge in [-0.1, -0.05) is 81.4 Å². The van der Waals surface area contributed by atoms with E-state index in [1.807, 2.05) is 39.8 Å². The normalized spacial score (nSPS) is 20.8. The van der Waals surface area contributed by atoms with Crippen LogP contribution in [-0.4, -0.2) is 78.4 Å². The first-order chi connectivity index (χ1) is 20.8. The van der Waals surface area contributed by atoms with Crippen molar-refractivity contribution in [1.29, 1.82) is 0 Å². The zero-order chi connectivity index (χ0) is 31.5. The summed E-state index contributed by atoms with van der Waals surface area (Å²) in [6, 6.07) is 18.6. The maximum Gasteiger partial charge on any atom is 0.510 e. The van der Waals surface area contributed by atoms with E-state index in [0.29, 0.717) is 36.3 Å². The molecule has 2 saturated heterocycles. The van der Waals surface area contributed by atoms with Crippen LogP contribution in [0.25, 0.3) is 0 Å². The number of hydrogen-bond acceptors (Lipinski definition) is 6. The summed E-state index contributed by atoms with van der Waals surface area (Å²) in [5.41, 5.74) is -1.01. The average molecular weight is 596 g/mol. The maximum absolute atomic E-state index is 14.4. The van der Waals surface area contributed by atoms with Crippen LogP contribution in [0.5, 0.6) is 0 Å². The molecule has 2 heterocycles. The van der Waals surface area contributed by atoms with Crippen molar-refractivity contribution in [1.82, 2.24) is 4.90 Å². The number of piperidine rings is 1. The summed E-state index contributed by atoms with van der Waals surface area (Å²) in [6.07, 6.45) is 3.61. The third-order valence-electron chi connectivity index (χ3n) is 9.20. The van der Waals surface area contributed by atoms with Crippen LogP contribution in [-0.2, 0) is 29.4 Å². The van der Waals surface area contributed by atoms with E-state index >= 15 is 0 Å². The van der Waals surface area contributed by atoms with Crippen LogP contribution in [0.1, 0.15) is 84.8 Å². The monoisotopic (exact) mass is 595 g/mol. The van der Waals surface area contributed by atoms with Crippen molar-refractivity contribution < 1.29 is 33.1 Å². The molecule has 2 aromatic rings. The second kappa shape index (κ2) is 15.9. The summed E-state index contributed by atoms with van der Waals surface area (Å²) in [5, 5.41) is 0. The molecule has 2 aliphatic rings. The third-order valence-corrected chi connectivity index (χ3v) is 9.20. The van der Waals surface area contributed by atoms with Crippen LogP contribution in [0.4, 0.5) is 4.79 Å². The first-order valence-electron chi connectivity index (χ1n) is 16.1. The fraction of sp³-hybridized carbons (Fsp3) is 0.571. The first kappa shape index (κ1) is 34.1. The third kappa shape index (κ3) is 7.40. The topological polar surface area (TPSA) is 82.1 Å². The van der Waals surface area contributed by atoms with Crippen molar-refractivity contribution in [3.05, 3.63) is 71.8 Å². The first-order valence-corrected chi connectivity index (χ1v) is 16.1. The molecule has 236 valence electrons. The minimum Gasteiger partial charge on any atom is -0.458 e. The van der Waals surface area contributed by atoms with Crippen LogP contribution in [0, 0.1) is 0 Å². The quantitative estimate of drug-likeness (QED) is 0.232. The minimum absolute atomic E-state index is 0.303. The van der Waals surface area contributed by atoms with E-state index < -0.39 is 24.3 Å². The zero-order valence-corrected chi connectivity index (χ0v) is 26.9. The molecular weight excluding hydrogens is 544 g/mol. The lowest BCUT2D eigenvalue weighted by Gasteiger charge is -2.51. The number of benzene rings is 2. The molecule has 2 fully saturated rings. The average Bonchev–Trinajstić information content (AvgIpc) is 3.54. The van der Waals surface area contributed by atoms with E-state index in [-0.39, 0.29) is 12.0 Å². The van der Waals surface area contributed by atoms with Gasteiger partial charge in [0.2, 0.25) is 0 Å². The molecule has 3 atom stereocenters. The van der Waals surface area contributed by atoms with E-state index in [1.54, 1.807) is 53.4 Å². The molecule has 1 spiro atoms. The molecule has 0 bridgehead atoms. The standard InChI is InChI=1S/C33H45N2O6.C2H6/c1-5-28-23-29(22-25(4)35(28)20-14-15-21-35)40-31(37)33(26-16-10-8-11-17-26,27-18-12-9-13-19-27)41-32(38)39-24-30(36)34(6-2)7-3;1-2/h8-13,16-19,25,28-29H,5-7,14-15,20-24H2,1-4H3;1-2H3/q+1;. The number of quaternary nitrogens is 1. The molecule has 0 aliphatic carbocycles. The summed E-state index contributed by atoms with van der Waals surface area (Å²) in [7, 11) is 0. The fourth-order valence-electron chi connectivity index (χ4n) is 7.00. The lowest BCUT2D eigenvalue weighted by molar-refractivity contribution is -0.967. The molecule has 0 saturated carbocycles. The van der Waals surface area contributed by atoms with E-state index in [9.17, 15) is 14.4 Å². The van der Waals surface area contributed by atoms with Gasteiger partial charge in [-0.2, -0.15) is 0 Å². The van der Waals surface area contributed by atoms with Crippen molar-refractivity contribution in [2.75, 3.05) is 32.8 Å². The number of rotatable bonds is 10. The number of nitrogens with zero attached hydrogens (tertiary/aromatic N) is 2. The second-order valence-electron chi connectivity index (χ2n) is 11.3. The Labute approximate surface area is 257 Å². The van der Waals surface area contributed by atoms with Gasteiger partial charge in [0.15, 0.2) is 6.61 Å². The fourth-order valence-corrected chi connectivity index (χ4v) is 7.00. The van der Waals surface area contributed by atoms with Gasteiger partial charge in [-0.25, -0.2) is 9.59 Å². The Morgan fingerprint density at radius 2 is 1.40 bits per heavy atom. The Hall–Kier alpha value is -3.39. The van der Waals surface area contributed by atoms with Gasteiger partial charge < -0.3 is 23.6 Å². The van der Waals surface area contributed by atoms with Gasteiger partial charge >= 0.3 is 12.1 Å². The number of esters is 1. The zero-order valence-electron chi connectivity index (χ0n) is 26.9. The molecule has 4 rings (SSSR count). The van der Waals surface area contributed by atoms with Crippen LogP contribution in [0.15, 0.2) is 60.7 Å². The molecular formula is C35H51N2O6+. The highest BCUT2D eigenvalue weighted by atomic mass is 16.7. The van der Waals surface area contributed by atoms with Gasteiger partial charge in [-0.05, 0) is 27.2 Å². The highest BCUT2D eigenvalue weighted by Crippen LogP contribution is 2.41. The van der Waals surface area contributed by atoms with Gasteiger partial charge in [0.05, 0.1) is 25.2 Å². The van der Waals surface area contributed by atoms with E-state index in [4.69, 9.17) is 14.2 Å². The van der Waals surface area contributed by atoms with Gasteiger partial charge in [0, 0.05) is 49.9 Å². The van der Waals surface area contributed by atoms with Gasteiger partial charge in [-0.3, -0.25) is 4.79 Å². The predicted molar refractivity (Wildman–Crippen MR) is 167 cm³/mol. The Morgan fingerprint density at radius 3 is 1.88 bits per heavy atom. The van der Waals surface area contributed by atoms with E-state index in [2.05, 4.69) is 13.8 Å². The second-order valence-corrected chi connectivity index (χ2v) is 11.3. The van der Waals surface area contributed by atoms with Crippen molar-refractivity contribution in [2.24, 2.45) is 0 Å². The van der Waals surface area contributed by atoms with Crippen molar-refractivity contribution in [2.45, 2.75) is 97.4 Å². The lowest BCUT2D eigenvalue weighted by atomic mass is 9.85. The molecule has 0 radical (unpaired) electrons. The van der Waals surface area contributed by atoms with Crippen LogP contribution in [0.2, 0.25) is 0 Å². The summed E-state index contributed by atoms with van der Waals surface area (Å²) >= 11 is 0. The largest absolute Gasteiger partial charge is 0.510 e. The molecule has 8 nitrogen and oxygen atoms in total. The Kier molecular flexibility index (Phi) is 12.6. The minimum atomic E-state index is -1.90. The summed E-state index contributed by atoms with van der Waals surface area (Å²) in [4.78, 5) is 41.7. The van der Waals surface area contributed by atoms with Crippen LogP contribution >= 0.6 is 0 Å². The maximum atomic E-state index is 14.4. The SMILES string of the molecule is CC.CCC1CC(OC(=O)C(OC(=O)OCC(=O)N(CC)CC)(c2ccccc2)c2ccccc2)CC(C)[N+]12CCCC2. The molecule has 1 amide bonds. The summed E-state index contributed by atoms with van der Waals surface area (Å²) in [6.45, 7) is 15.1. The number of likely N-dealkylation sites (N-methyl/N-ethyl adjacent to an activating group) is 1. The van der Waals surface area contributed by atoms with Crippen molar-refractivity contribution in [3.8, 4) is 0 Å². The predicted octanol–water partition coefficient (Wildman–Crippen LogP) is 6.46. The summed E-state index contributed by atoms with van der Waals surface area (Å²) in [5.74, 6) is -0.996. The van der Waals surface area contributed by atoms with Gasteiger partial charge in [-0.15, -0.1) is 0 Å². The molecule has 43 heavy (non-hydrogen) atoms. The number of carbonyl (C=O) groups is 3. The Morgan fingerprint density at radius 1 is 0.860 bits per heavy atom. The van der Waals surface area contributed by atoms with Crippen LogP contribution < -0.4 is 0 Å². The lowest BCUT2D eigenvalue weighted by Crippen LogP contribution is -2.63. The molecule has 0 N–H and O–H groups in total. The molecule has 3 unspecified atom stereocenters. The van der Waals surface area contributed by atoms with Gasteiger partial charge in [0.25, 0.3) is 11.5 Å². The highest BCUT2D eigenvalue weighted by molar-refractivity contribution is 5.88. The van der Waals surface area contributed by atoms with Crippen molar-refractivity contribution in [3.63, 3.8) is 0 Å². The van der Waals surface area contributed by atoms with Gasteiger partial charge in [0.1, 0.15) is 6.10 Å². The number of ether oxygens (including phenoxy) is 3. The van der Waals surface area contributed by atoms with Crippen LogP contribution in [0.3, 0.4) is 0 Å². The summed E-state index contributed by atoms with van der Waals surface area (Å²) < 4.78 is 18.7. The molecule has 2 aromatic carbocycles. The molecule has 0 aromatic heterocycles. The molecule has 2 aliphatic heterocycles. The smallest absolute Gasteiger partial charge is 0.458 e.